The first kappa shape index (κ1) is 14.4. The van der Waals surface area contributed by atoms with Crippen LogP contribution in [0.15, 0.2) is 18.2 Å². The van der Waals surface area contributed by atoms with Crippen LogP contribution in [0.1, 0.15) is 30.4 Å². The Morgan fingerprint density at radius 3 is 2.86 bits per heavy atom. The molecule has 1 unspecified atom stereocenters. The molecule has 1 amide bonds. The second-order valence-electron chi connectivity index (χ2n) is 6.10. The summed E-state index contributed by atoms with van der Waals surface area (Å²) in [4.78, 5) is 13.9. The van der Waals surface area contributed by atoms with Crippen molar-refractivity contribution in [3.8, 4) is 5.75 Å². The lowest BCUT2D eigenvalue weighted by Gasteiger charge is -2.18. The molecule has 1 aliphatic heterocycles. The number of aliphatic hydroxyl groups excluding tert-OH is 1. The van der Waals surface area contributed by atoms with Gasteiger partial charge in [0.05, 0.1) is 0 Å². The molecule has 1 aromatic rings. The number of hydrogen-bond donors (Lipinski definition) is 1. The molecule has 1 atom stereocenters. The van der Waals surface area contributed by atoms with E-state index in [2.05, 4.69) is 12.1 Å². The molecule has 0 aromatic heterocycles. The van der Waals surface area contributed by atoms with Crippen molar-refractivity contribution < 1.29 is 14.6 Å². The van der Waals surface area contributed by atoms with Crippen LogP contribution < -0.4 is 4.74 Å². The number of ether oxygens (including phenoxy) is 1. The Hall–Kier alpha value is -1.55. The third-order valence-electron chi connectivity index (χ3n) is 4.58. The lowest BCUT2D eigenvalue weighted by molar-refractivity contribution is -0.132. The summed E-state index contributed by atoms with van der Waals surface area (Å²) in [5, 5.41) is 9.12. The van der Waals surface area contributed by atoms with Gasteiger partial charge >= 0.3 is 0 Å². The smallest absolute Gasteiger partial charge is 0.260 e. The number of carbonyl (C=O) groups excluding carboxylic acids is 1. The Morgan fingerprint density at radius 2 is 2.10 bits per heavy atom. The van der Waals surface area contributed by atoms with Gasteiger partial charge in [0.2, 0.25) is 0 Å². The van der Waals surface area contributed by atoms with Gasteiger partial charge in [-0.2, -0.15) is 0 Å². The quantitative estimate of drug-likeness (QED) is 0.919. The normalized spacial score (nSPS) is 21.2. The van der Waals surface area contributed by atoms with Crippen LogP contribution in [0.3, 0.4) is 0 Å². The number of aryl methyl sites for hydroxylation is 2. The summed E-state index contributed by atoms with van der Waals surface area (Å²) in [6, 6.07) is 6.19. The summed E-state index contributed by atoms with van der Waals surface area (Å²) in [5.41, 5.74) is 2.79. The van der Waals surface area contributed by atoms with Gasteiger partial charge in [0.1, 0.15) is 5.75 Å². The van der Waals surface area contributed by atoms with E-state index in [4.69, 9.17) is 9.84 Å². The zero-order valence-electron chi connectivity index (χ0n) is 12.4. The number of likely N-dealkylation sites (tertiary alicyclic amines) is 1. The molecule has 0 radical (unpaired) electrons. The number of rotatable bonds is 4. The van der Waals surface area contributed by atoms with Crippen LogP contribution >= 0.6 is 0 Å². The zero-order valence-corrected chi connectivity index (χ0v) is 12.4. The van der Waals surface area contributed by atoms with E-state index in [1.807, 2.05) is 6.07 Å². The van der Waals surface area contributed by atoms with Gasteiger partial charge in [0.25, 0.3) is 5.91 Å². The minimum Gasteiger partial charge on any atom is -0.484 e. The highest BCUT2D eigenvalue weighted by atomic mass is 16.5. The Balaban J connectivity index is 1.54. The van der Waals surface area contributed by atoms with Crippen LogP contribution in [0, 0.1) is 5.92 Å². The first-order valence-electron chi connectivity index (χ1n) is 7.89. The first-order valence-corrected chi connectivity index (χ1v) is 7.89. The molecule has 1 aromatic carbocycles. The van der Waals surface area contributed by atoms with E-state index in [1.165, 1.54) is 24.0 Å². The van der Waals surface area contributed by atoms with Gasteiger partial charge in [0.15, 0.2) is 6.61 Å². The fraction of sp³-hybridized carbons (Fsp3) is 0.588. The van der Waals surface area contributed by atoms with Crippen LogP contribution in [0.4, 0.5) is 0 Å². The molecule has 21 heavy (non-hydrogen) atoms. The zero-order chi connectivity index (χ0) is 14.7. The van der Waals surface area contributed by atoms with Crippen LogP contribution in [0.2, 0.25) is 0 Å². The van der Waals surface area contributed by atoms with Crippen molar-refractivity contribution in [1.29, 1.82) is 0 Å². The minimum atomic E-state index is 0.0173. The predicted octanol–water partition coefficient (Wildman–Crippen LogP) is 1.78. The van der Waals surface area contributed by atoms with Gasteiger partial charge in [-0.05, 0) is 55.4 Å². The van der Waals surface area contributed by atoms with Crippen LogP contribution in [-0.2, 0) is 17.6 Å². The van der Waals surface area contributed by atoms with Crippen LogP contribution in [0.25, 0.3) is 0 Å². The second kappa shape index (κ2) is 6.48. The highest BCUT2D eigenvalue weighted by Crippen LogP contribution is 2.25. The van der Waals surface area contributed by atoms with E-state index in [1.54, 1.807) is 4.90 Å². The van der Waals surface area contributed by atoms with Gasteiger partial charge in [-0.3, -0.25) is 4.79 Å². The number of nitrogens with zero attached hydrogens (tertiary/aromatic N) is 1. The lowest BCUT2D eigenvalue weighted by Crippen LogP contribution is -2.33. The van der Waals surface area contributed by atoms with Crippen molar-refractivity contribution in [3.63, 3.8) is 0 Å². The molecule has 0 saturated carbocycles. The fourth-order valence-electron chi connectivity index (χ4n) is 3.24. The Labute approximate surface area is 125 Å². The maximum absolute atomic E-state index is 12.1. The van der Waals surface area contributed by atoms with E-state index in [-0.39, 0.29) is 25.0 Å². The van der Waals surface area contributed by atoms with Crippen molar-refractivity contribution in [2.45, 2.75) is 32.1 Å². The third kappa shape index (κ3) is 3.38. The summed E-state index contributed by atoms with van der Waals surface area (Å²) in [5.74, 6) is 1.04. The van der Waals surface area contributed by atoms with Crippen molar-refractivity contribution in [2.24, 2.45) is 5.92 Å². The second-order valence-corrected chi connectivity index (χ2v) is 6.10. The maximum atomic E-state index is 12.1. The summed E-state index contributed by atoms with van der Waals surface area (Å²) in [6.45, 7) is 1.65. The molecule has 0 spiro atoms. The number of fused-ring (bicyclic) bond motifs is 1. The Kier molecular flexibility index (Phi) is 4.44. The molecule has 4 nitrogen and oxygen atoms in total. The van der Waals surface area contributed by atoms with Crippen molar-refractivity contribution in [2.75, 3.05) is 26.3 Å². The molecule has 1 N–H and O–H groups in total. The maximum Gasteiger partial charge on any atom is 0.260 e. The van der Waals surface area contributed by atoms with Gasteiger partial charge in [-0.25, -0.2) is 0 Å². The predicted molar refractivity (Wildman–Crippen MR) is 80.4 cm³/mol. The molecule has 1 aliphatic carbocycles. The number of amides is 1. The van der Waals surface area contributed by atoms with Gasteiger partial charge < -0.3 is 14.7 Å². The standard InChI is InChI=1S/C17H23NO3/c19-11-13-7-8-18(10-13)17(20)12-21-16-6-5-14-3-1-2-4-15(14)9-16/h5-6,9,13,19H,1-4,7-8,10-12H2. The number of carbonyl (C=O) groups is 1. The molecular weight excluding hydrogens is 266 g/mol. The first-order chi connectivity index (χ1) is 10.3. The molecular formula is C17H23NO3. The highest BCUT2D eigenvalue weighted by molar-refractivity contribution is 5.78. The minimum absolute atomic E-state index is 0.0173. The SMILES string of the molecule is O=C(COc1ccc2c(c1)CCCC2)N1CCC(CO)C1. The Bertz CT molecular complexity index is 515. The largest absolute Gasteiger partial charge is 0.484 e. The number of aliphatic hydroxyl groups is 1. The van der Waals surface area contributed by atoms with E-state index in [0.29, 0.717) is 6.54 Å². The molecule has 114 valence electrons. The molecule has 1 saturated heterocycles. The number of hydrogen-bond acceptors (Lipinski definition) is 3. The average molecular weight is 289 g/mol. The fourth-order valence-corrected chi connectivity index (χ4v) is 3.24. The lowest BCUT2D eigenvalue weighted by atomic mass is 9.92. The number of benzene rings is 1. The van der Waals surface area contributed by atoms with Crippen LogP contribution in [0.5, 0.6) is 5.75 Å². The van der Waals surface area contributed by atoms with Crippen molar-refractivity contribution in [3.05, 3.63) is 29.3 Å². The summed E-state index contributed by atoms with van der Waals surface area (Å²) < 4.78 is 5.66. The van der Waals surface area contributed by atoms with E-state index >= 15 is 0 Å². The third-order valence-corrected chi connectivity index (χ3v) is 4.58. The average Bonchev–Trinajstić information content (AvgIpc) is 3.01. The summed E-state index contributed by atoms with van der Waals surface area (Å²) in [7, 11) is 0. The summed E-state index contributed by atoms with van der Waals surface area (Å²) >= 11 is 0. The molecule has 1 fully saturated rings. The Morgan fingerprint density at radius 1 is 1.29 bits per heavy atom. The van der Waals surface area contributed by atoms with Crippen LogP contribution in [-0.4, -0.2) is 42.2 Å². The molecule has 4 heteroatoms. The molecule has 2 aliphatic rings. The summed E-state index contributed by atoms with van der Waals surface area (Å²) in [6.07, 6.45) is 5.68. The van der Waals surface area contributed by atoms with E-state index in [0.717, 1.165) is 31.6 Å². The monoisotopic (exact) mass is 289 g/mol. The van der Waals surface area contributed by atoms with Gasteiger partial charge in [0, 0.05) is 25.6 Å². The molecule has 3 rings (SSSR count). The van der Waals surface area contributed by atoms with E-state index < -0.39 is 0 Å². The van der Waals surface area contributed by atoms with Gasteiger partial charge in [-0.15, -0.1) is 0 Å². The van der Waals surface area contributed by atoms with Gasteiger partial charge in [-0.1, -0.05) is 6.07 Å². The highest BCUT2D eigenvalue weighted by Gasteiger charge is 2.25. The molecule has 0 bridgehead atoms. The van der Waals surface area contributed by atoms with Crippen molar-refractivity contribution >= 4 is 5.91 Å². The molecule has 1 heterocycles. The topological polar surface area (TPSA) is 49.8 Å². The van der Waals surface area contributed by atoms with Crippen molar-refractivity contribution in [1.82, 2.24) is 4.90 Å². The van der Waals surface area contributed by atoms with E-state index in [9.17, 15) is 4.79 Å².